The lowest BCUT2D eigenvalue weighted by molar-refractivity contribution is 0.0963. The summed E-state index contributed by atoms with van der Waals surface area (Å²) in [7, 11) is 1.65. The molecule has 0 aliphatic heterocycles. The first kappa shape index (κ1) is 21.0. The Morgan fingerprint density at radius 1 is 1.26 bits per heavy atom. The number of hydrogen-bond acceptors (Lipinski definition) is 3. The van der Waals surface area contributed by atoms with Crippen molar-refractivity contribution in [2.75, 3.05) is 20.1 Å². The third kappa shape index (κ3) is 7.06. The van der Waals surface area contributed by atoms with E-state index in [0.717, 1.165) is 30.9 Å². The SMILES string of the molecule is CCNC(=NCCc1cccc(C(=O)NC)c1)NC(C)Cc1ccc(C)s1. The van der Waals surface area contributed by atoms with Gasteiger partial charge in [0.2, 0.25) is 0 Å². The number of benzene rings is 1. The normalized spacial score (nSPS) is 12.5. The molecule has 1 amide bonds. The van der Waals surface area contributed by atoms with Crippen LogP contribution in [0.25, 0.3) is 0 Å². The summed E-state index contributed by atoms with van der Waals surface area (Å²) in [5, 5.41) is 9.45. The van der Waals surface area contributed by atoms with Crippen molar-refractivity contribution in [3.63, 3.8) is 0 Å². The van der Waals surface area contributed by atoms with Gasteiger partial charge in [0.15, 0.2) is 5.96 Å². The second-order valence-corrected chi connectivity index (χ2v) is 7.92. The minimum Gasteiger partial charge on any atom is -0.357 e. The van der Waals surface area contributed by atoms with Crippen molar-refractivity contribution < 1.29 is 4.79 Å². The number of rotatable bonds is 8. The molecule has 6 heteroatoms. The van der Waals surface area contributed by atoms with E-state index >= 15 is 0 Å². The van der Waals surface area contributed by atoms with Gasteiger partial charge in [-0.3, -0.25) is 9.79 Å². The molecule has 2 aromatic rings. The first-order valence-corrected chi connectivity index (χ1v) is 10.2. The number of guanidine groups is 1. The number of aryl methyl sites for hydroxylation is 1. The maximum atomic E-state index is 11.7. The van der Waals surface area contributed by atoms with Crippen LogP contribution in [0.15, 0.2) is 41.4 Å². The van der Waals surface area contributed by atoms with Crippen LogP contribution in [0.3, 0.4) is 0 Å². The molecule has 1 unspecified atom stereocenters. The van der Waals surface area contributed by atoms with Gasteiger partial charge in [-0.1, -0.05) is 12.1 Å². The molecule has 5 nitrogen and oxygen atoms in total. The molecule has 0 aliphatic carbocycles. The summed E-state index contributed by atoms with van der Waals surface area (Å²) in [4.78, 5) is 19.2. The van der Waals surface area contributed by atoms with Gasteiger partial charge in [0, 0.05) is 47.9 Å². The summed E-state index contributed by atoms with van der Waals surface area (Å²) in [5.41, 5.74) is 1.79. The van der Waals surface area contributed by atoms with Gasteiger partial charge in [-0.15, -0.1) is 11.3 Å². The van der Waals surface area contributed by atoms with Crippen molar-refractivity contribution in [1.29, 1.82) is 0 Å². The standard InChI is InChI=1S/C21H30N4OS/c1-5-23-21(25-15(2)13-19-10-9-16(3)27-19)24-12-11-17-7-6-8-18(14-17)20(26)22-4/h6-10,14-15H,5,11-13H2,1-4H3,(H,22,26)(H2,23,24,25). The first-order valence-electron chi connectivity index (χ1n) is 9.43. The minimum atomic E-state index is -0.0620. The second kappa shape index (κ2) is 10.7. The van der Waals surface area contributed by atoms with E-state index in [1.54, 1.807) is 7.05 Å². The fourth-order valence-corrected chi connectivity index (χ4v) is 3.83. The quantitative estimate of drug-likeness (QED) is 0.482. The number of amides is 1. The second-order valence-electron chi connectivity index (χ2n) is 6.55. The average molecular weight is 387 g/mol. The van der Waals surface area contributed by atoms with Crippen molar-refractivity contribution in [2.24, 2.45) is 4.99 Å². The van der Waals surface area contributed by atoms with Crippen LogP contribution in [0, 0.1) is 6.92 Å². The number of thiophene rings is 1. The average Bonchev–Trinajstić information content (AvgIpc) is 3.06. The number of nitrogens with one attached hydrogen (secondary N) is 3. The molecular formula is C21H30N4OS. The minimum absolute atomic E-state index is 0.0620. The van der Waals surface area contributed by atoms with Crippen LogP contribution < -0.4 is 16.0 Å². The molecule has 0 saturated carbocycles. The van der Waals surface area contributed by atoms with Gasteiger partial charge in [-0.2, -0.15) is 0 Å². The molecule has 27 heavy (non-hydrogen) atoms. The Bertz CT molecular complexity index is 769. The first-order chi connectivity index (χ1) is 13.0. The fraction of sp³-hybridized carbons (Fsp3) is 0.429. The van der Waals surface area contributed by atoms with E-state index in [-0.39, 0.29) is 5.91 Å². The van der Waals surface area contributed by atoms with Crippen LogP contribution in [0.5, 0.6) is 0 Å². The molecule has 2 rings (SSSR count). The molecule has 1 aromatic heterocycles. The van der Waals surface area contributed by atoms with E-state index in [4.69, 9.17) is 0 Å². The summed E-state index contributed by atoms with van der Waals surface area (Å²) in [6.45, 7) is 7.86. The van der Waals surface area contributed by atoms with Gasteiger partial charge < -0.3 is 16.0 Å². The molecule has 1 atom stereocenters. The summed E-state index contributed by atoms with van der Waals surface area (Å²) >= 11 is 1.84. The van der Waals surface area contributed by atoms with Gasteiger partial charge in [-0.25, -0.2) is 0 Å². The van der Waals surface area contributed by atoms with E-state index in [0.29, 0.717) is 18.2 Å². The van der Waals surface area contributed by atoms with Gasteiger partial charge in [0.1, 0.15) is 0 Å². The lowest BCUT2D eigenvalue weighted by Gasteiger charge is -2.17. The van der Waals surface area contributed by atoms with E-state index in [1.165, 1.54) is 9.75 Å². The highest BCUT2D eigenvalue weighted by Crippen LogP contribution is 2.16. The van der Waals surface area contributed by atoms with E-state index in [2.05, 4.69) is 53.8 Å². The number of hydrogen-bond donors (Lipinski definition) is 3. The molecule has 1 heterocycles. The molecule has 0 bridgehead atoms. The summed E-state index contributed by atoms with van der Waals surface area (Å²) in [6, 6.07) is 12.4. The number of carbonyl (C=O) groups is 1. The Hall–Kier alpha value is -2.34. The Morgan fingerprint density at radius 3 is 2.74 bits per heavy atom. The van der Waals surface area contributed by atoms with E-state index < -0.39 is 0 Å². The van der Waals surface area contributed by atoms with Crippen LogP contribution >= 0.6 is 11.3 Å². The predicted octanol–water partition coefficient (Wildman–Crippen LogP) is 3.14. The Morgan fingerprint density at radius 2 is 2.07 bits per heavy atom. The topological polar surface area (TPSA) is 65.5 Å². The van der Waals surface area contributed by atoms with Crippen LogP contribution in [0.1, 0.15) is 39.5 Å². The zero-order valence-corrected chi connectivity index (χ0v) is 17.5. The predicted molar refractivity (Wildman–Crippen MR) is 115 cm³/mol. The smallest absolute Gasteiger partial charge is 0.251 e. The van der Waals surface area contributed by atoms with Crippen LogP contribution in [0.4, 0.5) is 0 Å². The van der Waals surface area contributed by atoms with Crippen molar-refractivity contribution in [3.8, 4) is 0 Å². The van der Waals surface area contributed by atoms with Crippen LogP contribution in [-0.2, 0) is 12.8 Å². The molecular weight excluding hydrogens is 356 g/mol. The van der Waals surface area contributed by atoms with Crippen LogP contribution in [0.2, 0.25) is 0 Å². The molecule has 0 radical (unpaired) electrons. The van der Waals surface area contributed by atoms with E-state index in [9.17, 15) is 4.79 Å². The molecule has 0 spiro atoms. The van der Waals surface area contributed by atoms with Crippen molar-refractivity contribution in [2.45, 2.75) is 39.7 Å². The van der Waals surface area contributed by atoms with Gasteiger partial charge in [0.25, 0.3) is 5.91 Å². The van der Waals surface area contributed by atoms with Crippen molar-refractivity contribution >= 4 is 23.2 Å². The molecule has 146 valence electrons. The number of aliphatic imine (C=N–C) groups is 1. The maximum absolute atomic E-state index is 11.7. The highest BCUT2D eigenvalue weighted by atomic mass is 32.1. The van der Waals surface area contributed by atoms with Gasteiger partial charge in [0.05, 0.1) is 0 Å². The van der Waals surface area contributed by atoms with E-state index in [1.807, 2.05) is 35.6 Å². The Kier molecular flexibility index (Phi) is 8.33. The number of carbonyl (C=O) groups excluding carboxylic acids is 1. The largest absolute Gasteiger partial charge is 0.357 e. The molecule has 0 saturated heterocycles. The highest BCUT2D eigenvalue weighted by Gasteiger charge is 2.08. The molecule has 0 aliphatic rings. The molecule has 0 fully saturated rings. The molecule has 3 N–H and O–H groups in total. The third-order valence-electron chi connectivity index (χ3n) is 4.12. The molecule has 1 aromatic carbocycles. The van der Waals surface area contributed by atoms with Gasteiger partial charge in [-0.05, 0) is 57.0 Å². The summed E-state index contributed by atoms with van der Waals surface area (Å²) in [6.07, 6.45) is 1.77. The van der Waals surface area contributed by atoms with Crippen molar-refractivity contribution in [1.82, 2.24) is 16.0 Å². The van der Waals surface area contributed by atoms with Gasteiger partial charge >= 0.3 is 0 Å². The zero-order chi connectivity index (χ0) is 19.6. The summed E-state index contributed by atoms with van der Waals surface area (Å²) < 4.78 is 0. The highest BCUT2D eigenvalue weighted by molar-refractivity contribution is 7.11. The Balaban J connectivity index is 1.91. The number of nitrogens with zero attached hydrogens (tertiary/aromatic N) is 1. The van der Waals surface area contributed by atoms with Crippen LogP contribution in [-0.4, -0.2) is 38.0 Å². The summed E-state index contributed by atoms with van der Waals surface area (Å²) in [5.74, 6) is 0.772. The Labute approximate surface area is 166 Å². The lowest BCUT2D eigenvalue weighted by Crippen LogP contribution is -2.43. The fourth-order valence-electron chi connectivity index (χ4n) is 2.81. The maximum Gasteiger partial charge on any atom is 0.251 e. The third-order valence-corrected chi connectivity index (χ3v) is 5.14. The lowest BCUT2D eigenvalue weighted by atomic mass is 10.1. The monoisotopic (exact) mass is 386 g/mol. The van der Waals surface area contributed by atoms with Crippen molar-refractivity contribution in [3.05, 3.63) is 57.3 Å². The zero-order valence-electron chi connectivity index (χ0n) is 16.6.